The fraction of sp³-hybridized carbons (Fsp3) is 0.467. The highest BCUT2D eigenvalue weighted by Crippen LogP contribution is 2.29. The first-order valence-corrected chi connectivity index (χ1v) is 6.79. The van der Waals surface area contributed by atoms with Gasteiger partial charge in [-0.1, -0.05) is 18.7 Å². The van der Waals surface area contributed by atoms with Crippen LogP contribution in [0.2, 0.25) is 0 Å². The van der Waals surface area contributed by atoms with Gasteiger partial charge >= 0.3 is 6.36 Å². The zero-order valence-electron chi connectivity index (χ0n) is 11.8. The van der Waals surface area contributed by atoms with Crippen LogP contribution in [-0.4, -0.2) is 30.3 Å². The van der Waals surface area contributed by atoms with E-state index in [2.05, 4.69) is 11.3 Å². The molecule has 1 aliphatic rings. The molecule has 0 bridgehead atoms. The summed E-state index contributed by atoms with van der Waals surface area (Å²) in [5, 5.41) is 0. The zero-order chi connectivity index (χ0) is 16.4. The Hall–Kier alpha value is -1.63. The minimum absolute atomic E-state index is 0.144. The maximum absolute atomic E-state index is 13.4. The number of ether oxygens (including phenoxy) is 1. The molecular formula is C15H16F5NO. The number of benzene rings is 1. The van der Waals surface area contributed by atoms with Crippen LogP contribution >= 0.6 is 0 Å². The molecule has 2 rings (SSSR count). The second-order valence-corrected chi connectivity index (χ2v) is 5.33. The molecule has 7 heteroatoms. The molecule has 22 heavy (non-hydrogen) atoms. The summed E-state index contributed by atoms with van der Waals surface area (Å²) in [6.45, 7) is 3.75. The summed E-state index contributed by atoms with van der Waals surface area (Å²) < 4.78 is 67.6. The van der Waals surface area contributed by atoms with E-state index in [-0.39, 0.29) is 25.3 Å². The summed E-state index contributed by atoms with van der Waals surface area (Å²) in [5.74, 6) is -3.12. The molecule has 2 nitrogen and oxygen atoms in total. The van der Waals surface area contributed by atoms with Crippen molar-refractivity contribution in [1.82, 2.24) is 4.90 Å². The second-order valence-electron chi connectivity index (χ2n) is 5.33. The van der Waals surface area contributed by atoms with E-state index in [1.165, 1.54) is 23.1 Å². The molecule has 0 radical (unpaired) electrons. The quantitative estimate of drug-likeness (QED) is 0.759. The zero-order valence-corrected chi connectivity index (χ0v) is 11.8. The Balaban J connectivity index is 2.16. The van der Waals surface area contributed by atoms with Gasteiger partial charge in [0.2, 0.25) is 0 Å². The van der Waals surface area contributed by atoms with Gasteiger partial charge in [0, 0.05) is 13.0 Å². The van der Waals surface area contributed by atoms with E-state index in [4.69, 9.17) is 0 Å². The predicted octanol–water partition coefficient (Wildman–Crippen LogP) is 4.46. The molecule has 122 valence electrons. The smallest absolute Gasteiger partial charge is 0.406 e. The molecule has 0 amide bonds. The number of likely N-dealkylation sites (tertiary alicyclic amines) is 1. The van der Waals surface area contributed by atoms with E-state index in [0.717, 1.165) is 0 Å². The molecule has 1 fully saturated rings. The third-order valence-electron chi connectivity index (χ3n) is 3.34. The van der Waals surface area contributed by atoms with Crippen LogP contribution in [0.25, 0.3) is 6.08 Å². The van der Waals surface area contributed by atoms with Gasteiger partial charge in [-0.3, -0.25) is 4.90 Å². The number of rotatable bonds is 4. The Kier molecular flexibility index (Phi) is 4.75. The van der Waals surface area contributed by atoms with Crippen LogP contribution in [0.4, 0.5) is 22.0 Å². The predicted molar refractivity (Wildman–Crippen MR) is 72.7 cm³/mol. The average Bonchev–Trinajstić information content (AvgIpc) is 2.35. The van der Waals surface area contributed by atoms with Crippen molar-refractivity contribution in [3.8, 4) is 5.75 Å². The van der Waals surface area contributed by atoms with Crippen molar-refractivity contribution in [2.24, 2.45) is 0 Å². The second kappa shape index (κ2) is 6.24. The van der Waals surface area contributed by atoms with Gasteiger partial charge in [-0.05, 0) is 36.2 Å². The molecule has 1 heterocycles. The van der Waals surface area contributed by atoms with Crippen LogP contribution in [0.3, 0.4) is 0 Å². The summed E-state index contributed by atoms with van der Waals surface area (Å²) in [6, 6.07) is 4.03. The summed E-state index contributed by atoms with van der Waals surface area (Å²) in [6.07, 6.45) is -3.20. The molecule has 0 aromatic heterocycles. The summed E-state index contributed by atoms with van der Waals surface area (Å²) in [5.41, 5.74) is 0.926. The Morgan fingerprint density at radius 1 is 1.27 bits per heavy atom. The van der Waals surface area contributed by atoms with Gasteiger partial charge in [-0.15, -0.1) is 13.2 Å². The van der Waals surface area contributed by atoms with E-state index >= 15 is 0 Å². The summed E-state index contributed by atoms with van der Waals surface area (Å²) in [4.78, 5) is 1.53. The lowest BCUT2D eigenvalue weighted by atomic mass is 10.0. The summed E-state index contributed by atoms with van der Waals surface area (Å²) in [7, 11) is 0. The molecule has 0 atom stereocenters. The highest BCUT2D eigenvalue weighted by molar-refractivity contribution is 5.51. The fourth-order valence-electron chi connectivity index (χ4n) is 2.53. The van der Waals surface area contributed by atoms with Crippen molar-refractivity contribution >= 4 is 6.08 Å². The van der Waals surface area contributed by atoms with Crippen LogP contribution in [0, 0.1) is 0 Å². The molecule has 0 N–H and O–H groups in total. The van der Waals surface area contributed by atoms with Gasteiger partial charge in [0.25, 0.3) is 5.92 Å². The molecule has 0 aliphatic carbocycles. The van der Waals surface area contributed by atoms with Crippen LogP contribution in [-0.2, 0) is 6.54 Å². The van der Waals surface area contributed by atoms with E-state index in [1.54, 1.807) is 6.07 Å². The highest BCUT2D eigenvalue weighted by Gasteiger charge is 2.35. The maximum atomic E-state index is 13.4. The molecule has 1 aromatic carbocycles. The molecule has 0 saturated carbocycles. The molecule has 1 aliphatic heterocycles. The van der Waals surface area contributed by atoms with Crippen molar-refractivity contribution in [3.63, 3.8) is 0 Å². The van der Waals surface area contributed by atoms with E-state index in [9.17, 15) is 22.0 Å². The van der Waals surface area contributed by atoms with Crippen LogP contribution in [0.1, 0.15) is 24.0 Å². The molecular weight excluding hydrogens is 305 g/mol. The Morgan fingerprint density at radius 2 is 2.00 bits per heavy atom. The number of nitrogens with zero attached hydrogens (tertiary/aromatic N) is 1. The van der Waals surface area contributed by atoms with Crippen LogP contribution < -0.4 is 4.74 Å². The van der Waals surface area contributed by atoms with Crippen molar-refractivity contribution in [3.05, 3.63) is 35.9 Å². The number of hydrogen-bond acceptors (Lipinski definition) is 2. The van der Waals surface area contributed by atoms with Gasteiger partial charge in [0.15, 0.2) is 0 Å². The summed E-state index contributed by atoms with van der Waals surface area (Å²) >= 11 is 0. The third-order valence-corrected chi connectivity index (χ3v) is 3.34. The van der Waals surface area contributed by atoms with Gasteiger partial charge in [0.05, 0.1) is 6.54 Å². The third kappa shape index (κ3) is 4.98. The minimum atomic E-state index is -4.80. The van der Waals surface area contributed by atoms with Crippen molar-refractivity contribution in [1.29, 1.82) is 0 Å². The lowest BCUT2D eigenvalue weighted by molar-refractivity contribution is -0.274. The van der Waals surface area contributed by atoms with Crippen molar-refractivity contribution in [2.45, 2.75) is 31.7 Å². The first-order chi connectivity index (χ1) is 10.2. The first-order valence-electron chi connectivity index (χ1n) is 6.79. The number of alkyl halides is 5. The van der Waals surface area contributed by atoms with Crippen LogP contribution in [0.15, 0.2) is 24.8 Å². The number of hydrogen-bond donors (Lipinski definition) is 0. The topological polar surface area (TPSA) is 12.5 Å². The fourth-order valence-corrected chi connectivity index (χ4v) is 2.53. The van der Waals surface area contributed by atoms with Gasteiger partial charge in [0.1, 0.15) is 5.75 Å². The molecule has 0 spiro atoms. The lowest BCUT2D eigenvalue weighted by Gasteiger charge is -2.32. The maximum Gasteiger partial charge on any atom is 0.573 e. The van der Waals surface area contributed by atoms with Gasteiger partial charge in [-0.2, -0.15) is 0 Å². The van der Waals surface area contributed by atoms with E-state index in [1.807, 2.05) is 0 Å². The van der Waals surface area contributed by atoms with Gasteiger partial charge < -0.3 is 4.74 Å². The Morgan fingerprint density at radius 3 is 2.59 bits per heavy atom. The molecule has 1 aromatic rings. The largest absolute Gasteiger partial charge is 0.573 e. The highest BCUT2D eigenvalue weighted by atomic mass is 19.4. The number of piperidine rings is 1. The number of halogens is 5. The average molecular weight is 321 g/mol. The van der Waals surface area contributed by atoms with E-state index < -0.39 is 12.3 Å². The molecule has 1 saturated heterocycles. The standard InChI is InChI=1S/C15H16F5NO/c1-2-11-6-12(8-13(7-11)22-15(18,19)20)9-21-5-3-4-14(16,17)10-21/h2,6-8H,1,3-5,9-10H2. The first kappa shape index (κ1) is 16.7. The Labute approximate surface area is 125 Å². The normalized spacial score (nSPS) is 19.0. The molecule has 0 unspecified atom stereocenters. The van der Waals surface area contributed by atoms with E-state index in [0.29, 0.717) is 24.1 Å². The van der Waals surface area contributed by atoms with Gasteiger partial charge in [-0.25, -0.2) is 8.78 Å². The minimum Gasteiger partial charge on any atom is -0.406 e. The monoisotopic (exact) mass is 321 g/mol. The van der Waals surface area contributed by atoms with Crippen molar-refractivity contribution < 1.29 is 26.7 Å². The SMILES string of the molecule is C=Cc1cc(CN2CCCC(F)(F)C2)cc(OC(F)(F)F)c1. The Bertz CT molecular complexity index is 541. The van der Waals surface area contributed by atoms with Crippen molar-refractivity contribution in [2.75, 3.05) is 13.1 Å². The van der Waals surface area contributed by atoms with Crippen LogP contribution in [0.5, 0.6) is 5.75 Å². The lowest BCUT2D eigenvalue weighted by Crippen LogP contribution is -2.42.